The Morgan fingerprint density at radius 2 is 2.00 bits per heavy atom. The Balaban J connectivity index is 1.73. The maximum absolute atomic E-state index is 12.7. The summed E-state index contributed by atoms with van der Waals surface area (Å²) in [4.78, 5) is 25.9. The number of benzene rings is 1. The molecule has 1 aliphatic heterocycles. The second-order valence-electron chi connectivity index (χ2n) is 7.06. The van der Waals surface area contributed by atoms with Gasteiger partial charge in [0.05, 0.1) is 18.6 Å². The number of allylic oxidation sites excluding steroid dienone is 1. The molecule has 1 saturated heterocycles. The first-order chi connectivity index (χ1) is 14.7. The summed E-state index contributed by atoms with van der Waals surface area (Å²) in [5, 5.41) is 10.2. The molecule has 0 aromatic heterocycles. The van der Waals surface area contributed by atoms with E-state index in [2.05, 4.69) is 0 Å². The predicted octanol–water partition coefficient (Wildman–Crippen LogP) is 4.85. The number of thioether (sulfide) groups is 1. The van der Waals surface area contributed by atoms with Gasteiger partial charge >= 0.3 is 5.97 Å². The van der Waals surface area contributed by atoms with E-state index in [1.165, 1.54) is 11.8 Å². The number of halogens is 3. The summed E-state index contributed by atoms with van der Waals surface area (Å²) in [6.45, 7) is -0.303. The standard InChI is InChI=1S/C21H24Cl3NO4S2/c22-21(23,24)14-29-19(28)10-6-2-5-9-17(26)12-18(27)25-16(13-31-20(25)30)11-15-7-3-1-4-8-15/h1-5,7-8,16-17,26H,6,9-14H2/t16-,17-/m1/s1. The molecule has 0 radical (unpaired) electrons. The minimum absolute atomic E-state index is 0.00569. The summed E-state index contributed by atoms with van der Waals surface area (Å²) in [7, 11) is 0. The van der Waals surface area contributed by atoms with Crippen LogP contribution in [0, 0.1) is 0 Å². The highest BCUT2D eigenvalue weighted by molar-refractivity contribution is 8.23. The molecule has 170 valence electrons. The van der Waals surface area contributed by atoms with Crippen LogP contribution in [-0.4, -0.2) is 54.5 Å². The molecule has 2 atom stereocenters. The number of nitrogens with zero attached hydrogens (tertiary/aromatic N) is 1. The number of hydrogen-bond acceptors (Lipinski definition) is 6. The van der Waals surface area contributed by atoms with Crippen molar-refractivity contribution in [2.24, 2.45) is 0 Å². The van der Waals surface area contributed by atoms with Gasteiger partial charge in [-0.15, -0.1) is 0 Å². The third-order valence-electron chi connectivity index (χ3n) is 4.44. The number of esters is 1. The fourth-order valence-electron chi connectivity index (χ4n) is 2.99. The van der Waals surface area contributed by atoms with Crippen LogP contribution in [0.3, 0.4) is 0 Å². The van der Waals surface area contributed by atoms with Gasteiger partial charge in [-0.25, -0.2) is 0 Å². The normalized spacial score (nSPS) is 17.9. The van der Waals surface area contributed by atoms with Crippen molar-refractivity contribution in [2.45, 2.75) is 48.0 Å². The number of carbonyl (C=O) groups is 2. The van der Waals surface area contributed by atoms with Crippen LogP contribution in [0.4, 0.5) is 0 Å². The number of carbonyl (C=O) groups excluding carboxylic acids is 2. The van der Waals surface area contributed by atoms with Gasteiger partial charge in [-0.1, -0.05) is 101 Å². The summed E-state index contributed by atoms with van der Waals surface area (Å²) in [6.07, 6.45) is 4.22. The molecule has 1 N–H and O–H groups in total. The molecule has 1 aromatic rings. The van der Waals surface area contributed by atoms with Crippen LogP contribution in [0.15, 0.2) is 42.5 Å². The maximum atomic E-state index is 12.7. The molecule has 0 spiro atoms. The van der Waals surface area contributed by atoms with Gasteiger partial charge in [0.25, 0.3) is 0 Å². The molecular formula is C21H24Cl3NO4S2. The number of rotatable bonds is 10. The average molecular weight is 525 g/mol. The Morgan fingerprint density at radius 3 is 2.68 bits per heavy atom. The first kappa shape index (κ1) is 26.4. The summed E-state index contributed by atoms with van der Waals surface area (Å²) in [5.41, 5.74) is 1.14. The minimum Gasteiger partial charge on any atom is -0.461 e. The van der Waals surface area contributed by atoms with Crippen molar-refractivity contribution in [1.29, 1.82) is 0 Å². The van der Waals surface area contributed by atoms with E-state index < -0.39 is 15.9 Å². The van der Waals surface area contributed by atoms with Crippen LogP contribution in [0.1, 0.15) is 31.2 Å². The third kappa shape index (κ3) is 10.1. The lowest BCUT2D eigenvalue weighted by Gasteiger charge is -2.24. The van der Waals surface area contributed by atoms with Crippen LogP contribution >= 0.6 is 58.8 Å². The second-order valence-corrected chi connectivity index (χ2v) is 11.2. The molecule has 0 unspecified atom stereocenters. The van der Waals surface area contributed by atoms with E-state index >= 15 is 0 Å². The van der Waals surface area contributed by atoms with Crippen LogP contribution < -0.4 is 0 Å². The van der Waals surface area contributed by atoms with Crippen molar-refractivity contribution >= 4 is 75.0 Å². The monoisotopic (exact) mass is 523 g/mol. The maximum Gasteiger partial charge on any atom is 0.306 e. The number of thiocarbonyl (C=S) groups is 1. The summed E-state index contributed by atoms with van der Waals surface area (Å²) >= 11 is 23.4. The summed E-state index contributed by atoms with van der Waals surface area (Å²) < 4.78 is 3.75. The van der Waals surface area contributed by atoms with Crippen LogP contribution in [0.25, 0.3) is 0 Å². The zero-order valence-corrected chi connectivity index (χ0v) is 20.6. The molecule has 1 aromatic carbocycles. The van der Waals surface area contributed by atoms with Crippen molar-refractivity contribution < 1.29 is 19.4 Å². The SMILES string of the molecule is O=C(CCC=CC[C@@H](O)CC(=O)N1C(=S)SC[C@H]1Cc1ccccc1)OCC(Cl)(Cl)Cl. The van der Waals surface area contributed by atoms with Crippen LogP contribution in [-0.2, 0) is 20.7 Å². The van der Waals surface area contributed by atoms with Crippen LogP contribution in [0.5, 0.6) is 0 Å². The Morgan fingerprint density at radius 1 is 1.29 bits per heavy atom. The van der Waals surface area contributed by atoms with Crippen LogP contribution in [0.2, 0.25) is 0 Å². The minimum atomic E-state index is -1.63. The van der Waals surface area contributed by atoms with Gasteiger partial charge in [0, 0.05) is 12.2 Å². The van der Waals surface area contributed by atoms with Gasteiger partial charge in [-0.05, 0) is 24.8 Å². The molecule has 31 heavy (non-hydrogen) atoms. The molecule has 0 bridgehead atoms. The first-order valence-electron chi connectivity index (χ1n) is 9.74. The second kappa shape index (κ2) is 13.0. The molecular weight excluding hydrogens is 501 g/mol. The topological polar surface area (TPSA) is 66.8 Å². The van der Waals surface area contributed by atoms with Gasteiger partial charge < -0.3 is 9.84 Å². The molecule has 5 nitrogen and oxygen atoms in total. The fraction of sp³-hybridized carbons (Fsp3) is 0.476. The molecule has 1 fully saturated rings. The van der Waals surface area contributed by atoms with Gasteiger partial charge in [-0.3, -0.25) is 14.5 Å². The molecule has 1 aliphatic rings. The number of aliphatic hydroxyl groups is 1. The lowest BCUT2D eigenvalue weighted by Crippen LogP contribution is -2.41. The van der Waals surface area contributed by atoms with Gasteiger partial charge in [0.15, 0.2) is 0 Å². The number of alkyl halides is 3. The number of hydrogen-bond donors (Lipinski definition) is 1. The van der Waals surface area contributed by atoms with E-state index in [1.54, 1.807) is 17.1 Å². The molecule has 1 amide bonds. The number of ether oxygens (including phenoxy) is 1. The molecule has 1 heterocycles. The Labute approximate surface area is 207 Å². The molecule has 10 heteroatoms. The predicted molar refractivity (Wildman–Crippen MR) is 131 cm³/mol. The van der Waals surface area contributed by atoms with E-state index in [9.17, 15) is 14.7 Å². The van der Waals surface area contributed by atoms with E-state index in [1.807, 2.05) is 30.3 Å². The number of amides is 1. The molecule has 0 aliphatic carbocycles. The summed E-state index contributed by atoms with van der Waals surface area (Å²) in [5.74, 6) is 0.104. The average Bonchev–Trinajstić information content (AvgIpc) is 3.06. The van der Waals surface area contributed by atoms with Crippen molar-refractivity contribution in [1.82, 2.24) is 4.90 Å². The number of aliphatic hydroxyl groups excluding tert-OH is 1. The van der Waals surface area contributed by atoms with Crippen molar-refractivity contribution in [3.05, 3.63) is 48.0 Å². The lowest BCUT2D eigenvalue weighted by atomic mass is 10.1. The fourth-order valence-corrected chi connectivity index (χ4v) is 4.60. The zero-order valence-electron chi connectivity index (χ0n) is 16.7. The summed E-state index contributed by atoms with van der Waals surface area (Å²) in [6, 6.07) is 9.95. The Hall–Kier alpha value is -0.830. The Bertz CT molecular complexity index is 787. The van der Waals surface area contributed by atoms with Crippen molar-refractivity contribution in [3.8, 4) is 0 Å². The highest BCUT2D eigenvalue weighted by atomic mass is 35.6. The lowest BCUT2D eigenvalue weighted by molar-refractivity contribution is -0.143. The first-order valence-corrected chi connectivity index (χ1v) is 12.3. The van der Waals surface area contributed by atoms with E-state index in [-0.39, 0.29) is 31.4 Å². The smallest absolute Gasteiger partial charge is 0.306 e. The van der Waals surface area contributed by atoms with Gasteiger partial charge in [0.1, 0.15) is 10.9 Å². The van der Waals surface area contributed by atoms with E-state index in [0.717, 1.165) is 17.7 Å². The van der Waals surface area contributed by atoms with Gasteiger partial charge in [0.2, 0.25) is 9.70 Å². The highest BCUT2D eigenvalue weighted by Crippen LogP contribution is 2.28. The van der Waals surface area contributed by atoms with E-state index in [0.29, 0.717) is 17.2 Å². The quantitative estimate of drug-likeness (QED) is 0.204. The molecule has 0 saturated carbocycles. The van der Waals surface area contributed by atoms with Crippen molar-refractivity contribution in [2.75, 3.05) is 12.4 Å². The highest BCUT2D eigenvalue weighted by Gasteiger charge is 2.34. The van der Waals surface area contributed by atoms with Gasteiger partial charge in [-0.2, -0.15) is 0 Å². The van der Waals surface area contributed by atoms with E-state index in [4.69, 9.17) is 51.8 Å². The third-order valence-corrected chi connectivity index (χ3v) is 6.31. The zero-order chi connectivity index (χ0) is 22.9. The van der Waals surface area contributed by atoms with Crippen molar-refractivity contribution in [3.63, 3.8) is 0 Å². The largest absolute Gasteiger partial charge is 0.461 e. The molecule has 2 rings (SSSR count). The Kier molecular flexibility index (Phi) is 11.1.